The molecule has 0 aromatic heterocycles. The Morgan fingerprint density at radius 1 is 1.00 bits per heavy atom. The quantitative estimate of drug-likeness (QED) is 0.499. The molecule has 2 aliphatic heterocycles. The van der Waals surface area contributed by atoms with E-state index in [-0.39, 0.29) is 0 Å². The van der Waals surface area contributed by atoms with E-state index in [9.17, 15) is 0 Å². The van der Waals surface area contributed by atoms with Gasteiger partial charge in [-0.25, -0.2) is 4.99 Å². The third kappa shape index (κ3) is 5.00. The van der Waals surface area contributed by atoms with E-state index in [2.05, 4.69) is 98.8 Å². The van der Waals surface area contributed by atoms with E-state index in [1.165, 1.54) is 20.4 Å². The number of hydrogen-bond acceptors (Lipinski definition) is 3. The molecule has 4 rings (SSSR count). The van der Waals surface area contributed by atoms with Gasteiger partial charge in [0.2, 0.25) is 0 Å². The fraction of sp³-hybridized carbons (Fsp3) is 0.261. The summed E-state index contributed by atoms with van der Waals surface area (Å²) in [4.78, 5) is 9.45. The van der Waals surface area contributed by atoms with Crippen molar-refractivity contribution >= 4 is 28.9 Å². The van der Waals surface area contributed by atoms with Crippen molar-refractivity contribution in [3.05, 3.63) is 80.6 Å². The average molecular weight is 467 g/mol. The highest BCUT2D eigenvalue weighted by Gasteiger charge is 2.22. The summed E-state index contributed by atoms with van der Waals surface area (Å²) in [6, 6.07) is 19.0. The highest BCUT2D eigenvalue weighted by Crippen LogP contribution is 2.23. The lowest BCUT2D eigenvalue weighted by molar-refractivity contribution is 0.300. The van der Waals surface area contributed by atoms with Crippen molar-refractivity contribution in [2.45, 2.75) is 13.0 Å². The van der Waals surface area contributed by atoms with E-state index in [4.69, 9.17) is 4.99 Å². The van der Waals surface area contributed by atoms with Crippen molar-refractivity contribution < 1.29 is 0 Å². The van der Waals surface area contributed by atoms with Gasteiger partial charge in [0, 0.05) is 47.4 Å². The van der Waals surface area contributed by atoms with Crippen LogP contribution < -0.4 is 0 Å². The molecule has 136 valence electrons. The van der Waals surface area contributed by atoms with E-state index < -0.39 is 0 Å². The Morgan fingerprint density at radius 3 is 2.63 bits per heavy atom. The fourth-order valence-electron chi connectivity index (χ4n) is 3.45. The van der Waals surface area contributed by atoms with E-state index in [1.54, 1.807) is 0 Å². The Bertz CT molecular complexity index is 904. The third-order valence-corrected chi connectivity index (χ3v) is 5.59. The maximum atomic E-state index is 4.72. The SMILES string of the molecule is Ic1ccc(C#CCN2CCC3=C(CN(Cc4ccccc4)C=N3)C2)cc1. The molecule has 2 aliphatic rings. The molecular formula is C23H22IN3. The average Bonchev–Trinajstić information content (AvgIpc) is 2.70. The zero-order valence-corrected chi connectivity index (χ0v) is 17.4. The van der Waals surface area contributed by atoms with Gasteiger partial charge in [0.25, 0.3) is 0 Å². The fourth-order valence-corrected chi connectivity index (χ4v) is 3.81. The monoisotopic (exact) mass is 467 g/mol. The first-order chi connectivity index (χ1) is 13.3. The lowest BCUT2D eigenvalue weighted by Crippen LogP contribution is -2.38. The van der Waals surface area contributed by atoms with Gasteiger partial charge in [0.1, 0.15) is 0 Å². The second-order valence-electron chi connectivity index (χ2n) is 6.95. The predicted octanol–water partition coefficient (Wildman–Crippen LogP) is 4.15. The highest BCUT2D eigenvalue weighted by molar-refractivity contribution is 14.1. The molecule has 0 aliphatic carbocycles. The van der Waals surface area contributed by atoms with Crippen molar-refractivity contribution in [3.8, 4) is 11.8 Å². The van der Waals surface area contributed by atoms with Gasteiger partial charge in [-0.05, 0) is 58.0 Å². The Balaban J connectivity index is 1.34. The molecule has 2 heterocycles. The first-order valence-corrected chi connectivity index (χ1v) is 10.3. The Hall–Kier alpha value is -2.10. The van der Waals surface area contributed by atoms with Crippen LogP contribution in [0.15, 0.2) is 70.9 Å². The van der Waals surface area contributed by atoms with Crippen LogP contribution in [-0.2, 0) is 6.54 Å². The number of benzene rings is 2. The first kappa shape index (κ1) is 18.3. The van der Waals surface area contributed by atoms with Crippen molar-refractivity contribution in [2.75, 3.05) is 26.2 Å². The second-order valence-corrected chi connectivity index (χ2v) is 8.20. The zero-order chi connectivity index (χ0) is 18.5. The van der Waals surface area contributed by atoms with Gasteiger partial charge < -0.3 is 4.90 Å². The minimum atomic E-state index is 0.811. The van der Waals surface area contributed by atoms with E-state index in [1.807, 2.05) is 6.34 Å². The Morgan fingerprint density at radius 2 is 1.81 bits per heavy atom. The molecule has 3 nitrogen and oxygen atoms in total. The van der Waals surface area contributed by atoms with Gasteiger partial charge in [-0.3, -0.25) is 4.90 Å². The van der Waals surface area contributed by atoms with Crippen LogP contribution in [0.5, 0.6) is 0 Å². The summed E-state index contributed by atoms with van der Waals surface area (Å²) in [5.74, 6) is 6.62. The van der Waals surface area contributed by atoms with E-state index in [0.717, 1.165) is 44.7 Å². The summed E-state index contributed by atoms with van der Waals surface area (Å²) in [5.41, 5.74) is 5.13. The first-order valence-electron chi connectivity index (χ1n) is 9.26. The molecule has 4 heteroatoms. The van der Waals surface area contributed by atoms with Crippen LogP contribution in [0.2, 0.25) is 0 Å². The predicted molar refractivity (Wildman–Crippen MR) is 119 cm³/mol. The van der Waals surface area contributed by atoms with Crippen molar-refractivity contribution in [3.63, 3.8) is 0 Å². The molecule has 0 saturated carbocycles. The second kappa shape index (κ2) is 8.73. The van der Waals surface area contributed by atoms with Gasteiger partial charge in [-0.1, -0.05) is 42.2 Å². The van der Waals surface area contributed by atoms with Crippen LogP contribution in [-0.4, -0.2) is 42.3 Å². The molecule has 0 saturated heterocycles. The molecule has 0 atom stereocenters. The number of hydrogen-bond donors (Lipinski definition) is 0. The van der Waals surface area contributed by atoms with Gasteiger partial charge >= 0.3 is 0 Å². The summed E-state index contributed by atoms with van der Waals surface area (Å²) in [6.07, 6.45) is 3.04. The summed E-state index contributed by atoms with van der Waals surface area (Å²) in [6.45, 7) is 4.70. The molecule has 0 radical (unpaired) electrons. The molecular weight excluding hydrogens is 445 g/mol. The summed E-state index contributed by atoms with van der Waals surface area (Å²) in [5, 5.41) is 0. The third-order valence-electron chi connectivity index (χ3n) is 4.87. The van der Waals surface area contributed by atoms with Crippen LogP contribution in [0, 0.1) is 15.4 Å². The zero-order valence-electron chi connectivity index (χ0n) is 15.2. The smallest absolute Gasteiger partial charge is 0.0914 e. The molecule has 0 spiro atoms. The number of rotatable bonds is 3. The van der Waals surface area contributed by atoms with Crippen molar-refractivity contribution in [2.24, 2.45) is 4.99 Å². The van der Waals surface area contributed by atoms with Crippen molar-refractivity contribution in [1.29, 1.82) is 0 Å². The maximum Gasteiger partial charge on any atom is 0.0914 e. The molecule has 27 heavy (non-hydrogen) atoms. The Kier molecular flexibility index (Phi) is 5.90. The van der Waals surface area contributed by atoms with Gasteiger partial charge in [0.15, 0.2) is 0 Å². The molecule has 2 aromatic rings. The largest absolute Gasteiger partial charge is 0.354 e. The number of halogens is 1. The topological polar surface area (TPSA) is 18.8 Å². The van der Waals surface area contributed by atoms with E-state index in [0.29, 0.717) is 0 Å². The minimum Gasteiger partial charge on any atom is -0.354 e. The number of aliphatic imine (C=N–C) groups is 1. The lowest BCUT2D eigenvalue weighted by atomic mass is 10.0. The van der Waals surface area contributed by atoms with Crippen LogP contribution in [0.25, 0.3) is 0 Å². The Labute approximate surface area is 174 Å². The summed E-state index contributed by atoms with van der Waals surface area (Å²) >= 11 is 2.32. The van der Waals surface area contributed by atoms with Crippen LogP contribution in [0.1, 0.15) is 17.5 Å². The normalized spacial score (nSPS) is 16.7. The van der Waals surface area contributed by atoms with Gasteiger partial charge in [-0.2, -0.15) is 0 Å². The van der Waals surface area contributed by atoms with Gasteiger partial charge in [-0.15, -0.1) is 0 Å². The summed E-state index contributed by atoms with van der Waals surface area (Å²) < 4.78 is 1.24. The molecule has 0 amide bonds. The standard InChI is InChI=1S/C23H22IN3/c24-22-10-8-19(9-11-22)7-4-13-26-14-12-23-21(16-26)17-27(18-25-23)15-20-5-2-1-3-6-20/h1-3,5-6,8-11,18H,12-17H2. The highest BCUT2D eigenvalue weighted by atomic mass is 127. The molecule has 0 N–H and O–H groups in total. The van der Waals surface area contributed by atoms with Crippen LogP contribution in [0.3, 0.4) is 0 Å². The summed E-state index contributed by atoms with van der Waals surface area (Å²) in [7, 11) is 0. The lowest BCUT2D eigenvalue weighted by Gasteiger charge is -2.33. The van der Waals surface area contributed by atoms with Crippen LogP contribution in [0.4, 0.5) is 0 Å². The van der Waals surface area contributed by atoms with Gasteiger partial charge in [0.05, 0.1) is 12.9 Å². The maximum absolute atomic E-state index is 4.72. The van der Waals surface area contributed by atoms with Crippen LogP contribution >= 0.6 is 22.6 Å². The van der Waals surface area contributed by atoms with Crippen molar-refractivity contribution in [1.82, 2.24) is 9.80 Å². The van der Waals surface area contributed by atoms with E-state index >= 15 is 0 Å². The number of nitrogens with zero attached hydrogens (tertiary/aromatic N) is 3. The molecule has 0 unspecified atom stereocenters. The minimum absolute atomic E-state index is 0.811. The molecule has 2 aromatic carbocycles. The molecule has 0 fully saturated rings. The molecule has 0 bridgehead atoms.